The number of aliphatic hydroxyl groups excluding tert-OH is 1. The van der Waals surface area contributed by atoms with Gasteiger partial charge in [0.1, 0.15) is 0 Å². The summed E-state index contributed by atoms with van der Waals surface area (Å²) in [5.41, 5.74) is 0. The van der Waals surface area contributed by atoms with E-state index in [1.165, 1.54) is 7.11 Å². The number of hydrogen-bond donors (Lipinski definition) is 1. The topological polar surface area (TPSA) is 66.8 Å². The van der Waals surface area contributed by atoms with Crippen molar-refractivity contribution >= 4 is 11.9 Å². The maximum absolute atomic E-state index is 11.1. The molecule has 1 aliphatic rings. The molecular weight excluding hydrogens is 186 g/mol. The van der Waals surface area contributed by atoms with Crippen molar-refractivity contribution in [3.8, 4) is 0 Å². The van der Waals surface area contributed by atoms with Gasteiger partial charge in [-0.1, -0.05) is 6.08 Å². The molecule has 0 spiro atoms. The number of nitrogens with zero attached hydrogens (tertiary/aromatic N) is 1. The number of carbonyl (C=O) groups excluding carboxylic acids is 2. The van der Waals surface area contributed by atoms with Gasteiger partial charge in [0.25, 0.3) is 0 Å². The summed E-state index contributed by atoms with van der Waals surface area (Å²) in [5, 5.41) is 9.40. The summed E-state index contributed by atoms with van der Waals surface area (Å²) in [5.74, 6) is -1.05. The Labute approximate surface area is 82.0 Å². The summed E-state index contributed by atoms with van der Waals surface area (Å²) in [6, 6.07) is -0.130. The summed E-state index contributed by atoms with van der Waals surface area (Å²) in [6.45, 7) is 3.53. The van der Waals surface area contributed by atoms with E-state index in [1.807, 2.05) is 0 Å². The number of methoxy groups -OCH3 is 1. The second-order valence-electron chi connectivity index (χ2n) is 3.08. The average molecular weight is 199 g/mol. The van der Waals surface area contributed by atoms with Crippen molar-refractivity contribution in [3.05, 3.63) is 12.7 Å². The molecule has 5 nitrogen and oxygen atoms in total. The highest BCUT2D eigenvalue weighted by Gasteiger charge is 2.42. The normalized spacial score (nSPS) is 22.6. The van der Waals surface area contributed by atoms with Gasteiger partial charge in [0, 0.05) is 12.5 Å². The van der Waals surface area contributed by atoms with E-state index in [2.05, 4.69) is 11.3 Å². The number of amides is 1. The molecule has 14 heavy (non-hydrogen) atoms. The van der Waals surface area contributed by atoms with E-state index < -0.39 is 12.2 Å². The van der Waals surface area contributed by atoms with E-state index in [0.29, 0.717) is 12.8 Å². The molecule has 1 fully saturated rings. The predicted molar refractivity (Wildman–Crippen MR) is 48.1 cm³/mol. The Kier molecular flexibility index (Phi) is 3.24. The summed E-state index contributed by atoms with van der Waals surface area (Å²) < 4.78 is 4.33. The van der Waals surface area contributed by atoms with Crippen molar-refractivity contribution in [3.63, 3.8) is 0 Å². The van der Waals surface area contributed by atoms with Gasteiger partial charge in [-0.3, -0.25) is 4.79 Å². The molecule has 0 aromatic rings. The van der Waals surface area contributed by atoms with Gasteiger partial charge in [0.15, 0.2) is 0 Å². The lowest BCUT2D eigenvalue weighted by atomic mass is 9.98. The third-order valence-electron chi connectivity index (χ3n) is 2.21. The first-order chi connectivity index (χ1) is 6.61. The second-order valence-corrected chi connectivity index (χ2v) is 3.08. The van der Waals surface area contributed by atoms with Crippen LogP contribution in [0.3, 0.4) is 0 Å². The number of esters is 1. The minimum absolute atomic E-state index is 0.130. The van der Waals surface area contributed by atoms with Gasteiger partial charge in [-0.05, 0) is 6.42 Å². The molecule has 2 atom stereocenters. The molecule has 1 saturated heterocycles. The molecule has 0 bridgehead atoms. The number of likely N-dealkylation sites (tertiary alicyclic amines) is 1. The van der Waals surface area contributed by atoms with Crippen LogP contribution in [0.1, 0.15) is 12.8 Å². The molecule has 0 radical (unpaired) electrons. The van der Waals surface area contributed by atoms with Gasteiger partial charge in [0.05, 0.1) is 7.11 Å². The Morgan fingerprint density at radius 1 is 1.93 bits per heavy atom. The summed E-state index contributed by atoms with van der Waals surface area (Å²) >= 11 is 0. The molecule has 5 heteroatoms. The van der Waals surface area contributed by atoms with Crippen LogP contribution in [0.2, 0.25) is 0 Å². The molecule has 1 aliphatic heterocycles. The van der Waals surface area contributed by atoms with Crippen LogP contribution >= 0.6 is 0 Å². The van der Waals surface area contributed by atoms with Crippen LogP contribution in [-0.4, -0.2) is 41.3 Å². The van der Waals surface area contributed by atoms with Gasteiger partial charge in [-0.25, -0.2) is 4.79 Å². The van der Waals surface area contributed by atoms with Gasteiger partial charge in [-0.15, -0.1) is 6.58 Å². The number of hydrogen-bond acceptors (Lipinski definition) is 4. The number of ether oxygens (including phenoxy) is 1. The van der Waals surface area contributed by atoms with Gasteiger partial charge < -0.3 is 14.7 Å². The molecule has 0 aromatic heterocycles. The van der Waals surface area contributed by atoms with E-state index in [9.17, 15) is 14.7 Å². The van der Waals surface area contributed by atoms with Crippen LogP contribution in [0.5, 0.6) is 0 Å². The Morgan fingerprint density at radius 2 is 2.57 bits per heavy atom. The molecular formula is C9H13NO4. The van der Waals surface area contributed by atoms with Crippen molar-refractivity contribution < 1.29 is 19.4 Å². The van der Waals surface area contributed by atoms with Crippen molar-refractivity contribution in [1.29, 1.82) is 0 Å². The van der Waals surface area contributed by atoms with E-state index in [1.54, 1.807) is 6.08 Å². The van der Waals surface area contributed by atoms with E-state index in [-0.39, 0.29) is 11.9 Å². The lowest BCUT2D eigenvalue weighted by molar-refractivity contribution is -0.181. The molecule has 1 amide bonds. The molecule has 0 aromatic carbocycles. The number of carbonyl (C=O) groups is 2. The molecule has 1 N–H and O–H groups in total. The monoisotopic (exact) mass is 199 g/mol. The molecule has 78 valence electrons. The molecule has 0 saturated carbocycles. The van der Waals surface area contributed by atoms with Gasteiger partial charge in [0.2, 0.25) is 12.1 Å². The SMILES string of the molecule is C=CCC1CC(=O)N1C(O)C(=O)OC. The zero-order valence-electron chi connectivity index (χ0n) is 7.97. The number of β-lactam (4-membered cyclic amide) rings is 1. The third kappa shape index (κ3) is 1.77. The predicted octanol–water partition coefficient (Wildman–Crippen LogP) is -0.345. The average Bonchev–Trinajstić information content (AvgIpc) is 2.15. The Balaban J connectivity index is 2.60. The quantitative estimate of drug-likeness (QED) is 0.382. The summed E-state index contributed by atoms with van der Waals surface area (Å²) in [7, 11) is 1.17. The van der Waals surface area contributed by atoms with Crippen molar-refractivity contribution in [2.24, 2.45) is 0 Å². The van der Waals surface area contributed by atoms with Gasteiger partial charge in [-0.2, -0.15) is 0 Å². The zero-order chi connectivity index (χ0) is 10.7. The Morgan fingerprint density at radius 3 is 3.00 bits per heavy atom. The van der Waals surface area contributed by atoms with Crippen molar-refractivity contribution in [2.45, 2.75) is 25.1 Å². The van der Waals surface area contributed by atoms with E-state index in [0.717, 1.165) is 4.90 Å². The van der Waals surface area contributed by atoms with Gasteiger partial charge >= 0.3 is 5.97 Å². The highest BCUT2D eigenvalue weighted by Crippen LogP contribution is 2.24. The summed E-state index contributed by atoms with van der Waals surface area (Å²) in [6.07, 6.45) is 1.08. The molecule has 2 unspecified atom stereocenters. The fraction of sp³-hybridized carbons (Fsp3) is 0.556. The van der Waals surface area contributed by atoms with Crippen LogP contribution < -0.4 is 0 Å². The zero-order valence-corrected chi connectivity index (χ0v) is 7.97. The Bertz CT molecular complexity index is 262. The first-order valence-electron chi connectivity index (χ1n) is 4.29. The largest absolute Gasteiger partial charge is 0.466 e. The minimum Gasteiger partial charge on any atom is -0.466 e. The molecule has 1 heterocycles. The number of rotatable bonds is 4. The van der Waals surface area contributed by atoms with Crippen LogP contribution in [0.4, 0.5) is 0 Å². The standard InChI is InChI=1S/C9H13NO4/c1-3-4-6-5-7(11)10(6)8(12)9(13)14-2/h3,6,8,12H,1,4-5H2,2H3. The van der Waals surface area contributed by atoms with Crippen LogP contribution in [0, 0.1) is 0 Å². The first-order valence-corrected chi connectivity index (χ1v) is 4.29. The lowest BCUT2D eigenvalue weighted by Crippen LogP contribution is -2.59. The number of aliphatic hydroxyl groups is 1. The highest BCUT2D eigenvalue weighted by molar-refractivity contribution is 5.88. The van der Waals surface area contributed by atoms with Crippen LogP contribution in [-0.2, 0) is 14.3 Å². The smallest absolute Gasteiger partial charge is 0.356 e. The van der Waals surface area contributed by atoms with E-state index >= 15 is 0 Å². The van der Waals surface area contributed by atoms with E-state index in [4.69, 9.17) is 0 Å². The first kappa shape index (κ1) is 10.7. The van der Waals surface area contributed by atoms with Crippen molar-refractivity contribution in [1.82, 2.24) is 4.90 Å². The second kappa shape index (κ2) is 4.23. The maximum atomic E-state index is 11.1. The van der Waals surface area contributed by atoms with Crippen molar-refractivity contribution in [2.75, 3.05) is 7.11 Å². The highest BCUT2D eigenvalue weighted by atomic mass is 16.5. The fourth-order valence-corrected chi connectivity index (χ4v) is 1.44. The third-order valence-corrected chi connectivity index (χ3v) is 2.21. The maximum Gasteiger partial charge on any atom is 0.356 e. The molecule has 0 aliphatic carbocycles. The Hall–Kier alpha value is -1.36. The van der Waals surface area contributed by atoms with Crippen LogP contribution in [0.15, 0.2) is 12.7 Å². The summed E-state index contributed by atoms with van der Waals surface area (Å²) in [4.78, 5) is 23.2. The molecule has 1 rings (SSSR count). The van der Waals surface area contributed by atoms with Crippen LogP contribution in [0.25, 0.3) is 0 Å². The minimum atomic E-state index is -1.48. The fourth-order valence-electron chi connectivity index (χ4n) is 1.44. The lowest BCUT2D eigenvalue weighted by Gasteiger charge is -2.41.